The molecule has 3 aromatic rings. The van der Waals surface area contributed by atoms with Crippen molar-refractivity contribution in [3.05, 3.63) is 46.0 Å². The van der Waals surface area contributed by atoms with E-state index >= 15 is 0 Å². The first-order valence-corrected chi connectivity index (χ1v) is 9.78. The fourth-order valence-corrected chi connectivity index (χ4v) is 4.89. The topological polar surface area (TPSA) is 60.1 Å². The second kappa shape index (κ2) is 7.11. The molecule has 0 fully saturated rings. The maximum Gasteiger partial charge on any atom is 0.160 e. The molecule has 1 aliphatic rings. The summed E-state index contributed by atoms with van der Waals surface area (Å²) in [7, 11) is 3.29. The average Bonchev–Trinajstić information content (AvgIpc) is 3.06. The Morgan fingerprint density at radius 3 is 2.77 bits per heavy atom. The van der Waals surface area contributed by atoms with Crippen molar-refractivity contribution in [3.63, 3.8) is 0 Å². The first-order chi connectivity index (χ1) is 12.7. The molecule has 136 valence electrons. The van der Waals surface area contributed by atoms with E-state index in [1.165, 1.54) is 23.3 Å². The zero-order valence-electron chi connectivity index (χ0n) is 15.2. The van der Waals surface area contributed by atoms with Crippen molar-refractivity contribution in [2.45, 2.75) is 38.6 Å². The number of hydrogen-bond donors (Lipinski definition) is 1. The standard InChI is InChI=1S/C20H23N3O2S/c1-24-15-8-7-13(11-16(15)25-2)9-10-23-12-22-20-18(19(23)21)14-5-3-4-6-17(14)26-20/h7-8,11-12,21H,3-6,9-10H2,1-2H3. The summed E-state index contributed by atoms with van der Waals surface area (Å²) in [6.45, 7) is 0.724. The maximum absolute atomic E-state index is 8.69. The van der Waals surface area contributed by atoms with Gasteiger partial charge in [0.1, 0.15) is 10.3 Å². The van der Waals surface area contributed by atoms with Gasteiger partial charge >= 0.3 is 0 Å². The molecule has 0 unspecified atom stereocenters. The highest BCUT2D eigenvalue weighted by Crippen LogP contribution is 2.33. The van der Waals surface area contributed by atoms with E-state index in [9.17, 15) is 0 Å². The minimum atomic E-state index is 0.592. The van der Waals surface area contributed by atoms with Gasteiger partial charge in [0.15, 0.2) is 11.5 Å². The van der Waals surface area contributed by atoms with Crippen molar-refractivity contribution in [2.24, 2.45) is 0 Å². The lowest BCUT2D eigenvalue weighted by molar-refractivity contribution is 0.354. The Bertz CT molecular complexity index is 1010. The molecule has 0 saturated heterocycles. The van der Waals surface area contributed by atoms with Crippen molar-refractivity contribution in [1.29, 1.82) is 5.41 Å². The summed E-state index contributed by atoms with van der Waals surface area (Å²) in [6.07, 6.45) is 7.33. The normalized spacial score (nSPS) is 13.6. The Balaban J connectivity index is 1.62. The average molecular weight is 369 g/mol. The van der Waals surface area contributed by atoms with Crippen LogP contribution in [0.15, 0.2) is 24.5 Å². The lowest BCUT2D eigenvalue weighted by Gasteiger charge is -2.12. The van der Waals surface area contributed by atoms with Crippen LogP contribution < -0.4 is 15.0 Å². The predicted molar refractivity (Wildman–Crippen MR) is 103 cm³/mol. The summed E-state index contributed by atoms with van der Waals surface area (Å²) in [5.74, 6) is 1.47. The molecule has 2 aromatic heterocycles. The predicted octanol–water partition coefficient (Wildman–Crippen LogP) is 3.72. The monoisotopic (exact) mass is 369 g/mol. The largest absolute Gasteiger partial charge is 0.493 e. The van der Waals surface area contributed by atoms with E-state index in [1.54, 1.807) is 25.6 Å². The number of ether oxygens (including phenoxy) is 2. The summed E-state index contributed by atoms with van der Waals surface area (Å²) < 4.78 is 12.6. The Kier molecular flexibility index (Phi) is 4.68. The zero-order valence-corrected chi connectivity index (χ0v) is 16.0. The van der Waals surface area contributed by atoms with E-state index in [1.807, 2.05) is 29.1 Å². The Morgan fingerprint density at radius 1 is 1.15 bits per heavy atom. The van der Waals surface area contributed by atoms with Crippen LogP contribution in [0.1, 0.15) is 28.8 Å². The molecule has 0 aliphatic heterocycles. The Hall–Kier alpha value is -2.34. The fraction of sp³-hybridized carbons (Fsp3) is 0.400. The molecule has 1 aromatic carbocycles. The van der Waals surface area contributed by atoms with E-state index in [0.717, 1.165) is 53.1 Å². The van der Waals surface area contributed by atoms with Crippen molar-refractivity contribution in [1.82, 2.24) is 9.55 Å². The molecule has 26 heavy (non-hydrogen) atoms. The molecule has 1 N–H and O–H groups in total. The molecule has 0 amide bonds. The number of nitrogens with one attached hydrogen (secondary N) is 1. The van der Waals surface area contributed by atoms with Gasteiger partial charge in [0.05, 0.1) is 25.9 Å². The van der Waals surface area contributed by atoms with Crippen LogP contribution in [0.2, 0.25) is 0 Å². The minimum Gasteiger partial charge on any atom is -0.493 e. The van der Waals surface area contributed by atoms with Gasteiger partial charge in [-0.2, -0.15) is 0 Å². The third kappa shape index (κ3) is 2.98. The number of nitrogens with zero attached hydrogens (tertiary/aromatic N) is 2. The molecule has 5 nitrogen and oxygen atoms in total. The minimum absolute atomic E-state index is 0.592. The second-order valence-electron chi connectivity index (χ2n) is 6.62. The van der Waals surface area contributed by atoms with Crippen LogP contribution in [0.3, 0.4) is 0 Å². The number of rotatable bonds is 5. The molecule has 0 spiro atoms. The second-order valence-corrected chi connectivity index (χ2v) is 7.70. The SMILES string of the molecule is COc1ccc(CCn2cnc3sc4c(c3c2=N)CCCC4)cc1OC. The van der Waals surface area contributed by atoms with Crippen LogP contribution in [0.5, 0.6) is 11.5 Å². The highest BCUT2D eigenvalue weighted by Gasteiger charge is 2.18. The number of aromatic nitrogens is 2. The third-order valence-electron chi connectivity index (χ3n) is 5.08. The molecular formula is C20H23N3O2S. The number of aryl methyl sites for hydroxylation is 4. The summed E-state index contributed by atoms with van der Waals surface area (Å²) in [5.41, 5.74) is 3.12. The third-order valence-corrected chi connectivity index (χ3v) is 6.28. The molecule has 6 heteroatoms. The zero-order chi connectivity index (χ0) is 18.1. The van der Waals surface area contributed by atoms with Crippen molar-refractivity contribution >= 4 is 21.6 Å². The Labute approximate surface area is 156 Å². The van der Waals surface area contributed by atoms with Gasteiger partial charge in [-0.05, 0) is 55.4 Å². The molecule has 0 radical (unpaired) electrons. The van der Waals surface area contributed by atoms with Gasteiger partial charge in [-0.15, -0.1) is 11.3 Å². The quantitative estimate of drug-likeness (QED) is 0.746. The van der Waals surface area contributed by atoms with E-state index in [2.05, 4.69) is 4.98 Å². The lowest BCUT2D eigenvalue weighted by atomic mass is 9.97. The summed E-state index contributed by atoms with van der Waals surface area (Å²) >= 11 is 1.77. The Morgan fingerprint density at radius 2 is 1.96 bits per heavy atom. The van der Waals surface area contributed by atoms with Gasteiger partial charge in [0.25, 0.3) is 0 Å². The first kappa shape index (κ1) is 17.1. The molecule has 0 bridgehead atoms. The van der Waals surface area contributed by atoms with Gasteiger partial charge < -0.3 is 14.0 Å². The fourth-order valence-electron chi connectivity index (χ4n) is 3.67. The van der Waals surface area contributed by atoms with Crippen LogP contribution in [-0.2, 0) is 25.8 Å². The molecule has 2 heterocycles. The smallest absolute Gasteiger partial charge is 0.160 e. The first-order valence-electron chi connectivity index (χ1n) is 8.96. The van der Waals surface area contributed by atoms with Crippen molar-refractivity contribution < 1.29 is 9.47 Å². The van der Waals surface area contributed by atoms with E-state index in [-0.39, 0.29) is 0 Å². The highest BCUT2D eigenvalue weighted by molar-refractivity contribution is 7.18. The highest BCUT2D eigenvalue weighted by atomic mass is 32.1. The van der Waals surface area contributed by atoms with Crippen LogP contribution in [-0.4, -0.2) is 23.8 Å². The van der Waals surface area contributed by atoms with Crippen LogP contribution in [0, 0.1) is 5.41 Å². The molecule has 0 atom stereocenters. The molecule has 4 rings (SSSR count). The number of methoxy groups -OCH3 is 2. The summed E-state index contributed by atoms with van der Waals surface area (Å²) in [4.78, 5) is 7.09. The van der Waals surface area contributed by atoms with E-state index < -0.39 is 0 Å². The van der Waals surface area contributed by atoms with Crippen LogP contribution >= 0.6 is 11.3 Å². The number of hydrogen-bond acceptors (Lipinski definition) is 5. The number of thiophene rings is 1. The van der Waals surface area contributed by atoms with Crippen LogP contribution in [0.25, 0.3) is 10.2 Å². The number of benzene rings is 1. The van der Waals surface area contributed by atoms with Crippen LogP contribution in [0.4, 0.5) is 0 Å². The van der Waals surface area contributed by atoms with Crippen molar-refractivity contribution in [3.8, 4) is 11.5 Å². The summed E-state index contributed by atoms with van der Waals surface area (Å²) in [5, 5.41) is 9.76. The summed E-state index contributed by atoms with van der Waals surface area (Å²) in [6, 6.07) is 5.97. The van der Waals surface area contributed by atoms with E-state index in [4.69, 9.17) is 14.9 Å². The van der Waals surface area contributed by atoms with Gasteiger partial charge in [0, 0.05) is 11.4 Å². The van der Waals surface area contributed by atoms with Gasteiger partial charge in [-0.3, -0.25) is 5.41 Å². The van der Waals surface area contributed by atoms with E-state index in [0.29, 0.717) is 5.49 Å². The van der Waals surface area contributed by atoms with Gasteiger partial charge in [-0.1, -0.05) is 6.07 Å². The van der Waals surface area contributed by atoms with Crippen molar-refractivity contribution in [2.75, 3.05) is 14.2 Å². The maximum atomic E-state index is 8.69. The molecule has 1 aliphatic carbocycles. The lowest BCUT2D eigenvalue weighted by Crippen LogP contribution is -2.22. The number of fused-ring (bicyclic) bond motifs is 3. The molecular weight excluding hydrogens is 346 g/mol. The molecule has 0 saturated carbocycles. The van der Waals surface area contributed by atoms with Gasteiger partial charge in [0.2, 0.25) is 0 Å². The van der Waals surface area contributed by atoms with Gasteiger partial charge in [-0.25, -0.2) is 4.98 Å².